The second kappa shape index (κ2) is 12.8. The fourth-order valence-corrected chi connectivity index (χ4v) is 3.31. The van der Waals surface area contributed by atoms with Crippen LogP contribution < -0.4 is 10.1 Å². The highest BCUT2D eigenvalue weighted by molar-refractivity contribution is 5.99. The molecule has 0 unspecified atom stereocenters. The predicted molar refractivity (Wildman–Crippen MR) is 125 cm³/mol. The van der Waals surface area contributed by atoms with Crippen molar-refractivity contribution in [1.29, 1.82) is 5.26 Å². The lowest BCUT2D eigenvalue weighted by Crippen LogP contribution is -2.30. The largest absolute Gasteiger partial charge is 0.497 e. The normalized spacial score (nSPS) is 10.9. The van der Waals surface area contributed by atoms with E-state index in [0.717, 1.165) is 22.8 Å². The molecule has 9 nitrogen and oxygen atoms in total. The van der Waals surface area contributed by atoms with Crippen LogP contribution in [0, 0.1) is 25.2 Å². The topological polar surface area (TPSA) is 120 Å². The SMILES string of the molecule is CCOC(=O)CCCNC(=O)COC(=O)/C(C#N)=C/c1cc(C)n(-c2ccc(OC)cc2)c1C. The molecular weight excluding hydrogens is 438 g/mol. The van der Waals surface area contributed by atoms with Crippen LogP contribution in [0.15, 0.2) is 35.9 Å². The molecule has 1 aromatic heterocycles. The Labute approximate surface area is 198 Å². The average Bonchev–Trinajstić information content (AvgIpc) is 3.11. The Hall–Kier alpha value is -4.06. The summed E-state index contributed by atoms with van der Waals surface area (Å²) >= 11 is 0. The van der Waals surface area contributed by atoms with Crippen LogP contribution in [0.2, 0.25) is 0 Å². The van der Waals surface area contributed by atoms with Crippen molar-refractivity contribution in [3.8, 4) is 17.5 Å². The highest BCUT2D eigenvalue weighted by Crippen LogP contribution is 2.24. The summed E-state index contributed by atoms with van der Waals surface area (Å²) in [5, 5.41) is 12.0. The number of benzene rings is 1. The fourth-order valence-electron chi connectivity index (χ4n) is 3.31. The van der Waals surface area contributed by atoms with E-state index in [0.29, 0.717) is 18.6 Å². The Morgan fingerprint density at radius 2 is 1.85 bits per heavy atom. The quantitative estimate of drug-likeness (QED) is 0.233. The molecule has 0 spiro atoms. The lowest BCUT2D eigenvalue weighted by Gasteiger charge is -2.10. The number of nitrogens with zero attached hydrogens (tertiary/aromatic N) is 2. The van der Waals surface area contributed by atoms with Gasteiger partial charge in [0.1, 0.15) is 17.4 Å². The first kappa shape index (κ1) is 26.2. The minimum atomic E-state index is -0.890. The van der Waals surface area contributed by atoms with Gasteiger partial charge in [0.2, 0.25) is 0 Å². The van der Waals surface area contributed by atoms with Crippen molar-refractivity contribution in [2.45, 2.75) is 33.6 Å². The van der Waals surface area contributed by atoms with Crippen molar-refractivity contribution in [1.82, 2.24) is 9.88 Å². The predicted octanol–water partition coefficient (Wildman–Crippen LogP) is 3.01. The minimum Gasteiger partial charge on any atom is -0.497 e. The van der Waals surface area contributed by atoms with E-state index in [2.05, 4.69) is 5.32 Å². The van der Waals surface area contributed by atoms with E-state index >= 15 is 0 Å². The molecule has 9 heteroatoms. The molecule has 0 aliphatic heterocycles. The summed E-state index contributed by atoms with van der Waals surface area (Å²) in [5.74, 6) is -1.01. The number of methoxy groups -OCH3 is 1. The van der Waals surface area contributed by atoms with Crippen LogP contribution in [0.1, 0.15) is 36.7 Å². The number of amides is 1. The molecule has 1 amide bonds. The highest BCUT2D eigenvalue weighted by Gasteiger charge is 2.16. The minimum absolute atomic E-state index is 0.185. The van der Waals surface area contributed by atoms with Crippen molar-refractivity contribution in [3.63, 3.8) is 0 Å². The maximum atomic E-state index is 12.3. The number of nitriles is 1. The second-order valence-electron chi connectivity index (χ2n) is 7.36. The lowest BCUT2D eigenvalue weighted by atomic mass is 10.1. The van der Waals surface area contributed by atoms with E-state index in [1.54, 1.807) is 14.0 Å². The number of carbonyl (C=O) groups is 3. The Bertz CT molecular complexity index is 1090. The molecule has 2 rings (SSSR count). The zero-order valence-corrected chi connectivity index (χ0v) is 19.8. The smallest absolute Gasteiger partial charge is 0.349 e. The number of rotatable bonds is 11. The number of nitrogens with one attached hydrogen (secondary N) is 1. The summed E-state index contributed by atoms with van der Waals surface area (Å²) in [5.41, 5.74) is 3.14. The molecular formula is C25H29N3O6. The van der Waals surface area contributed by atoms with E-state index in [-0.39, 0.29) is 24.5 Å². The molecule has 0 atom stereocenters. The molecule has 0 saturated heterocycles. The summed E-state index contributed by atoms with van der Waals surface area (Å²) < 4.78 is 17.0. The van der Waals surface area contributed by atoms with Crippen molar-refractivity contribution in [2.75, 3.05) is 26.9 Å². The zero-order chi connectivity index (χ0) is 25.1. The van der Waals surface area contributed by atoms with E-state index in [9.17, 15) is 19.6 Å². The van der Waals surface area contributed by atoms with E-state index in [1.807, 2.05) is 54.8 Å². The van der Waals surface area contributed by atoms with Crippen LogP contribution in [0.4, 0.5) is 0 Å². The van der Waals surface area contributed by atoms with Crippen LogP contribution >= 0.6 is 0 Å². The van der Waals surface area contributed by atoms with Gasteiger partial charge in [-0.15, -0.1) is 0 Å². The summed E-state index contributed by atoms with van der Waals surface area (Å²) in [4.78, 5) is 35.5. The standard InChI is InChI=1S/C25H29N3O6/c1-5-33-24(30)7-6-12-27-23(29)16-34-25(31)20(15-26)14-19-13-17(2)28(18(19)3)21-8-10-22(32-4)11-9-21/h8-11,13-14H,5-7,12,16H2,1-4H3,(H,27,29)/b20-14+. The number of hydrogen-bond acceptors (Lipinski definition) is 7. The van der Waals surface area contributed by atoms with E-state index < -0.39 is 18.5 Å². The van der Waals surface area contributed by atoms with Crippen molar-refractivity contribution in [3.05, 3.63) is 52.9 Å². The van der Waals surface area contributed by atoms with Gasteiger partial charge in [0, 0.05) is 30.0 Å². The first-order valence-corrected chi connectivity index (χ1v) is 10.8. The Kier molecular flexibility index (Phi) is 9.90. The molecule has 1 heterocycles. The van der Waals surface area contributed by atoms with Crippen LogP contribution in [0.5, 0.6) is 5.75 Å². The van der Waals surface area contributed by atoms with Gasteiger partial charge in [0.15, 0.2) is 6.61 Å². The molecule has 0 saturated carbocycles. The second-order valence-corrected chi connectivity index (χ2v) is 7.36. The molecule has 0 aliphatic rings. The van der Waals surface area contributed by atoms with Gasteiger partial charge < -0.3 is 24.1 Å². The van der Waals surface area contributed by atoms with Crippen LogP contribution in [-0.2, 0) is 23.9 Å². The van der Waals surface area contributed by atoms with Gasteiger partial charge in [0.05, 0.1) is 13.7 Å². The maximum absolute atomic E-state index is 12.3. The molecule has 0 bridgehead atoms. The van der Waals surface area contributed by atoms with Crippen LogP contribution in [0.25, 0.3) is 11.8 Å². The first-order chi connectivity index (χ1) is 16.3. The number of carbonyl (C=O) groups excluding carboxylic acids is 3. The first-order valence-electron chi connectivity index (χ1n) is 10.8. The van der Waals surface area contributed by atoms with Crippen molar-refractivity contribution < 1.29 is 28.6 Å². The van der Waals surface area contributed by atoms with Gasteiger partial charge in [0.25, 0.3) is 5.91 Å². The molecule has 0 radical (unpaired) electrons. The third kappa shape index (κ3) is 7.24. The zero-order valence-electron chi connectivity index (χ0n) is 19.8. The summed E-state index contributed by atoms with van der Waals surface area (Å²) in [6.45, 7) is 5.55. The van der Waals surface area contributed by atoms with Gasteiger partial charge in [-0.05, 0) is 69.2 Å². The third-order valence-corrected chi connectivity index (χ3v) is 4.96. The number of aryl methyl sites for hydroxylation is 1. The monoisotopic (exact) mass is 467 g/mol. The number of esters is 2. The van der Waals surface area contributed by atoms with Gasteiger partial charge in [-0.1, -0.05) is 0 Å². The highest BCUT2D eigenvalue weighted by atomic mass is 16.5. The lowest BCUT2D eigenvalue weighted by molar-refractivity contribution is -0.144. The number of hydrogen-bond donors (Lipinski definition) is 1. The molecule has 34 heavy (non-hydrogen) atoms. The van der Waals surface area contributed by atoms with E-state index in [4.69, 9.17) is 14.2 Å². The molecule has 2 aromatic rings. The fraction of sp³-hybridized carbons (Fsp3) is 0.360. The maximum Gasteiger partial charge on any atom is 0.349 e. The van der Waals surface area contributed by atoms with Gasteiger partial charge in [-0.3, -0.25) is 9.59 Å². The molecule has 0 fully saturated rings. The Balaban J connectivity index is 1.99. The van der Waals surface area contributed by atoms with Gasteiger partial charge >= 0.3 is 11.9 Å². The van der Waals surface area contributed by atoms with E-state index in [1.165, 1.54) is 6.08 Å². The summed E-state index contributed by atoms with van der Waals surface area (Å²) in [7, 11) is 1.60. The van der Waals surface area contributed by atoms with Gasteiger partial charge in [-0.2, -0.15) is 5.26 Å². The summed E-state index contributed by atoms with van der Waals surface area (Å²) in [6.07, 6.45) is 2.04. The summed E-state index contributed by atoms with van der Waals surface area (Å²) in [6, 6.07) is 11.2. The van der Waals surface area contributed by atoms with Crippen molar-refractivity contribution >= 4 is 23.9 Å². The number of ether oxygens (including phenoxy) is 3. The molecule has 1 aromatic carbocycles. The van der Waals surface area contributed by atoms with Crippen LogP contribution in [0.3, 0.4) is 0 Å². The molecule has 0 aliphatic carbocycles. The van der Waals surface area contributed by atoms with Crippen LogP contribution in [-0.4, -0.2) is 49.3 Å². The Morgan fingerprint density at radius 1 is 1.15 bits per heavy atom. The molecule has 1 N–H and O–H groups in total. The Morgan fingerprint density at radius 3 is 2.47 bits per heavy atom. The molecule has 180 valence electrons. The average molecular weight is 468 g/mol. The number of aromatic nitrogens is 1. The third-order valence-electron chi connectivity index (χ3n) is 4.96. The van der Waals surface area contributed by atoms with Gasteiger partial charge in [-0.25, -0.2) is 4.79 Å². The van der Waals surface area contributed by atoms with Crippen molar-refractivity contribution in [2.24, 2.45) is 0 Å².